The molecule has 0 aliphatic heterocycles. The third-order valence-electron chi connectivity index (χ3n) is 4.45. The van der Waals surface area contributed by atoms with Crippen molar-refractivity contribution in [1.29, 1.82) is 0 Å². The summed E-state index contributed by atoms with van der Waals surface area (Å²) >= 11 is 0. The summed E-state index contributed by atoms with van der Waals surface area (Å²) < 4.78 is 9.91. The number of nitrogens with one attached hydrogen (secondary N) is 1. The number of carbonyl (C=O) groups excluding carboxylic acids is 3. The van der Waals surface area contributed by atoms with Gasteiger partial charge in [0.2, 0.25) is 0 Å². The van der Waals surface area contributed by atoms with Gasteiger partial charge in [0.1, 0.15) is 0 Å². The normalized spacial score (nSPS) is 10.2. The predicted octanol–water partition coefficient (Wildman–Crippen LogP) is 4.24. The standard InChI is InChI=1S/C24H21NO5/c1-16-11-13-17(14-12-16)18-7-3-4-8-19(18)24(28)30-15-22(26)25-21-10-6-5-9-20(21)23(27)29-2/h3-14H,15H2,1-2H3,(H,25,26). The molecule has 0 saturated heterocycles. The number of carbonyl (C=O) groups is 3. The molecule has 6 nitrogen and oxygen atoms in total. The molecule has 0 saturated carbocycles. The first-order chi connectivity index (χ1) is 14.5. The van der Waals surface area contributed by atoms with E-state index in [4.69, 9.17) is 9.47 Å². The van der Waals surface area contributed by atoms with E-state index >= 15 is 0 Å². The van der Waals surface area contributed by atoms with Crippen molar-refractivity contribution in [2.24, 2.45) is 0 Å². The monoisotopic (exact) mass is 403 g/mol. The van der Waals surface area contributed by atoms with Crippen molar-refractivity contribution >= 4 is 23.5 Å². The van der Waals surface area contributed by atoms with E-state index < -0.39 is 24.5 Å². The van der Waals surface area contributed by atoms with E-state index in [-0.39, 0.29) is 11.3 Å². The van der Waals surface area contributed by atoms with Crippen LogP contribution in [0, 0.1) is 6.92 Å². The lowest BCUT2D eigenvalue weighted by molar-refractivity contribution is -0.119. The number of anilines is 1. The molecule has 0 unspecified atom stereocenters. The van der Waals surface area contributed by atoms with Crippen molar-refractivity contribution in [2.75, 3.05) is 19.0 Å². The number of benzene rings is 3. The van der Waals surface area contributed by atoms with E-state index in [1.54, 1.807) is 30.3 Å². The quantitative estimate of drug-likeness (QED) is 0.623. The van der Waals surface area contributed by atoms with E-state index in [1.165, 1.54) is 13.2 Å². The van der Waals surface area contributed by atoms with Crippen LogP contribution in [0.5, 0.6) is 0 Å². The summed E-state index contributed by atoms with van der Waals surface area (Å²) in [6.45, 7) is 1.50. The number of aryl methyl sites for hydroxylation is 1. The minimum Gasteiger partial charge on any atom is -0.465 e. The Bertz CT molecular complexity index is 1070. The highest BCUT2D eigenvalue weighted by molar-refractivity contribution is 6.03. The average Bonchev–Trinajstić information content (AvgIpc) is 2.78. The fourth-order valence-corrected chi connectivity index (χ4v) is 2.92. The predicted molar refractivity (Wildman–Crippen MR) is 113 cm³/mol. The van der Waals surface area contributed by atoms with Gasteiger partial charge in [0, 0.05) is 0 Å². The number of methoxy groups -OCH3 is 1. The molecule has 0 radical (unpaired) electrons. The molecule has 0 aromatic heterocycles. The van der Waals surface area contributed by atoms with Crippen LogP contribution in [-0.4, -0.2) is 31.6 Å². The van der Waals surface area contributed by atoms with Crippen LogP contribution in [0.1, 0.15) is 26.3 Å². The largest absolute Gasteiger partial charge is 0.465 e. The van der Waals surface area contributed by atoms with Crippen LogP contribution in [0.25, 0.3) is 11.1 Å². The van der Waals surface area contributed by atoms with Gasteiger partial charge < -0.3 is 14.8 Å². The van der Waals surface area contributed by atoms with Crippen molar-refractivity contribution in [3.05, 3.63) is 89.5 Å². The Kier molecular flexibility index (Phi) is 6.60. The Morgan fingerprint density at radius 1 is 0.800 bits per heavy atom. The number of hydrogen-bond donors (Lipinski definition) is 1. The van der Waals surface area contributed by atoms with Gasteiger partial charge in [-0.3, -0.25) is 4.79 Å². The molecule has 30 heavy (non-hydrogen) atoms. The van der Waals surface area contributed by atoms with Crippen molar-refractivity contribution in [2.45, 2.75) is 6.92 Å². The smallest absolute Gasteiger partial charge is 0.339 e. The van der Waals surface area contributed by atoms with Gasteiger partial charge in [0.05, 0.1) is 23.9 Å². The SMILES string of the molecule is COC(=O)c1ccccc1NC(=O)COC(=O)c1ccccc1-c1ccc(C)cc1. The number of rotatable bonds is 6. The topological polar surface area (TPSA) is 81.7 Å². The molecule has 0 fully saturated rings. The molecule has 0 atom stereocenters. The Morgan fingerprint density at radius 2 is 1.43 bits per heavy atom. The van der Waals surface area contributed by atoms with Gasteiger partial charge in [-0.15, -0.1) is 0 Å². The number of hydrogen-bond acceptors (Lipinski definition) is 5. The first kappa shape index (κ1) is 20.8. The van der Waals surface area contributed by atoms with E-state index in [0.29, 0.717) is 5.56 Å². The van der Waals surface area contributed by atoms with Crippen LogP contribution in [0.4, 0.5) is 5.69 Å². The summed E-state index contributed by atoms with van der Waals surface area (Å²) in [5.74, 6) is -1.75. The maximum Gasteiger partial charge on any atom is 0.339 e. The van der Waals surface area contributed by atoms with Gasteiger partial charge in [-0.2, -0.15) is 0 Å². The summed E-state index contributed by atoms with van der Waals surface area (Å²) in [5, 5.41) is 2.57. The summed E-state index contributed by atoms with van der Waals surface area (Å²) in [7, 11) is 1.26. The van der Waals surface area contributed by atoms with Crippen LogP contribution >= 0.6 is 0 Å². The zero-order valence-electron chi connectivity index (χ0n) is 16.7. The lowest BCUT2D eigenvalue weighted by atomic mass is 9.99. The highest BCUT2D eigenvalue weighted by Gasteiger charge is 2.17. The molecular formula is C24H21NO5. The third kappa shape index (κ3) is 4.91. The zero-order valence-corrected chi connectivity index (χ0v) is 16.7. The second-order valence-electron chi connectivity index (χ2n) is 6.57. The second kappa shape index (κ2) is 9.52. The van der Waals surface area contributed by atoms with Crippen molar-refractivity contribution in [3.8, 4) is 11.1 Å². The van der Waals surface area contributed by atoms with Crippen LogP contribution in [0.3, 0.4) is 0 Å². The summed E-state index contributed by atoms with van der Waals surface area (Å²) in [4.78, 5) is 36.7. The fraction of sp³-hybridized carbons (Fsp3) is 0.125. The second-order valence-corrected chi connectivity index (χ2v) is 6.57. The lowest BCUT2D eigenvalue weighted by Crippen LogP contribution is -2.22. The average molecular weight is 403 g/mol. The maximum atomic E-state index is 12.6. The highest BCUT2D eigenvalue weighted by atomic mass is 16.5. The number of esters is 2. The van der Waals surface area contributed by atoms with E-state index in [1.807, 2.05) is 43.3 Å². The minimum atomic E-state index is -0.609. The van der Waals surface area contributed by atoms with Gasteiger partial charge in [0.15, 0.2) is 6.61 Å². The number of ether oxygens (including phenoxy) is 2. The Balaban J connectivity index is 1.69. The van der Waals surface area contributed by atoms with Gasteiger partial charge in [-0.05, 0) is 36.2 Å². The first-order valence-corrected chi connectivity index (χ1v) is 9.30. The minimum absolute atomic E-state index is 0.212. The molecule has 3 aromatic carbocycles. The van der Waals surface area contributed by atoms with Gasteiger partial charge >= 0.3 is 11.9 Å². The van der Waals surface area contributed by atoms with E-state index in [0.717, 1.165) is 16.7 Å². The van der Waals surface area contributed by atoms with Crippen molar-refractivity contribution in [3.63, 3.8) is 0 Å². The molecule has 0 aliphatic rings. The molecule has 1 amide bonds. The maximum absolute atomic E-state index is 12.6. The molecule has 0 spiro atoms. The summed E-state index contributed by atoms with van der Waals surface area (Å²) in [6.07, 6.45) is 0. The molecule has 0 bridgehead atoms. The first-order valence-electron chi connectivity index (χ1n) is 9.30. The van der Waals surface area contributed by atoms with Crippen LogP contribution in [-0.2, 0) is 14.3 Å². The molecule has 6 heteroatoms. The number of amides is 1. The lowest BCUT2D eigenvalue weighted by Gasteiger charge is -2.12. The molecule has 0 aliphatic carbocycles. The number of para-hydroxylation sites is 1. The molecular weight excluding hydrogens is 382 g/mol. The molecule has 3 aromatic rings. The van der Waals surface area contributed by atoms with Gasteiger partial charge in [-0.1, -0.05) is 60.2 Å². The Morgan fingerprint density at radius 3 is 2.13 bits per heavy atom. The van der Waals surface area contributed by atoms with E-state index in [2.05, 4.69) is 5.32 Å². The molecule has 0 heterocycles. The van der Waals surface area contributed by atoms with Crippen LogP contribution in [0.15, 0.2) is 72.8 Å². The van der Waals surface area contributed by atoms with Gasteiger partial charge in [-0.25, -0.2) is 9.59 Å². The molecule has 3 rings (SSSR count). The summed E-state index contributed by atoms with van der Waals surface area (Å²) in [6, 6.07) is 21.3. The van der Waals surface area contributed by atoms with E-state index in [9.17, 15) is 14.4 Å². The van der Waals surface area contributed by atoms with Crippen LogP contribution in [0.2, 0.25) is 0 Å². The third-order valence-corrected chi connectivity index (χ3v) is 4.45. The van der Waals surface area contributed by atoms with Crippen molar-refractivity contribution in [1.82, 2.24) is 0 Å². The molecule has 152 valence electrons. The van der Waals surface area contributed by atoms with Gasteiger partial charge in [0.25, 0.3) is 5.91 Å². The Hall–Kier alpha value is -3.93. The fourth-order valence-electron chi connectivity index (χ4n) is 2.92. The summed E-state index contributed by atoms with van der Waals surface area (Å²) in [5.41, 5.74) is 3.57. The van der Waals surface area contributed by atoms with Crippen molar-refractivity contribution < 1.29 is 23.9 Å². The van der Waals surface area contributed by atoms with Crippen LogP contribution < -0.4 is 5.32 Å². The highest BCUT2D eigenvalue weighted by Crippen LogP contribution is 2.24. The Labute approximate surface area is 174 Å². The zero-order chi connectivity index (χ0) is 21.5. The molecule has 1 N–H and O–H groups in total.